The first kappa shape index (κ1) is 17.6. The zero-order valence-corrected chi connectivity index (χ0v) is 15.6. The maximum Gasteiger partial charge on any atom is 0.277 e. The lowest BCUT2D eigenvalue weighted by molar-refractivity contribution is 0.102. The summed E-state index contributed by atoms with van der Waals surface area (Å²) >= 11 is 13.2. The molecule has 0 bridgehead atoms. The van der Waals surface area contributed by atoms with Gasteiger partial charge in [0.2, 0.25) is 0 Å². The second kappa shape index (κ2) is 7.78. The molecule has 1 atom stereocenters. The number of rotatable bonds is 4. The SMILES string of the molecule is CC1CCCN(Cc2csc(NC(=O)c3nc(Cl)ccc3Cl)n2)C1. The van der Waals surface area contributed by atoms with Crippen LogP contribution in [0.25, 0.3) is 0 Å². The van der Waals surface area contributed by atoms with Gasteiger partial charge in [-0.2, -0.15) is 0 Å². The van der Waals surface area contributed by atoms with E-state index in [2.05, 4.69) is 27.1 Å². The van der Waals surface area contributed by atoms with Gasteiger partial charge in [0.25, 0.3) is 5.91 Å². The zero-order chi connectivity index (χ0) is 17.1. The summed E-state index contributed by atoms with van der Waals surface area (Å²) < 4.78 is 0. The van der Waals surface area contributed by atoms with Gasteiger partial charge in [-0.05, 0) is 37.4 Å². The molecule has 0 aromatic carbocycles. The summed E-state index contributed by atoms with van der Waals surface area (Å²) in [5, 5.41) is 5.74. The van der Waals surface area contributed by atoms with Crippen LogP contribution in [0.5, 0.6) is 0 Å². The Kier molecular flexibility index (Phi) is 5.71. The van der Waals surface area contributed by atoms with Crippen molar-refractivity contribution in [2.24, 2.45) is 5.92 Å². The number of thiazole rings is 1. The minimum atomic E-state index is -0.407. The molecule has 2 aromatic heterocycles. The van der Waals surface area contributed by atoms with Crippen LogP contribution in [0.2, 0.25) is 10.2 Å². The first-order valence-electron chi connectivity index (χ1n) is 7.81. The second-order valence-electron chi connectivity index (χ2n) is 6.05. The van der Waals surface area contributed by atoms with Crippen LogP contribution in [0.3, 0.4) is 0 Å². The highest BCUT2D eigenvalue weighted by Gasteiger charge is 2.18. The number of hydrogen-bond acceptors (Lipinski definition) is 5. The molecular formula is C16H18Cl2N4OS. The van der Waals surface area contributed by atoms with Gasteiger partial charge in [-0.1, -0.05) is 30.1 Å². The van der Waals surface area contributed by atoms with Crippen LogP contribution >= 0.6 is 34.5 Å². The second-order valence-corrected chi connectivity index (χ2v) is 7.70. The van der Waals surface area contributed by atoms with Gasteiger partial charge in [0.15, 0.2) is 5.13 Å². The maximum atomic E-state index is 12.3. The largest absolute Gasteiger partial charge is 0.297 e. The molecule has 5 nitrogen and oxygen atoms in total. The smallest absolute Gasteiger partial charge is 0.277 e. The highest BCUT2D eigenvalue weighted by molar-refractivity contribution is 7.14. The monoisotopic (exact) mass is 384 g/mol. The predicted molar refractivity (Wildman–Crippen MR) is 98.0 cm³/mol. The average Bonchev–Trinajstić information content (AvgIpc) is 2.96. The number of carbonyl (C=O) groups is 1. The summed E-state index contributed by atoms with van der Waals surface area (Å²) in [5.41, 5.74) is 1.07. The number of amides is 1. The van der Waals surface area contributed by atoms with Gasteiger partial charge in [0.1, 0.15) is 10.8 Å². The molecule has 1 amide bonds. The van der Waals surface area contributed by atoms with Gasteiger partial charge < -0.3 is 0 Å². The van der Waals surface area contributed by atoms with Crippen molar-refractivity contribution >= 4 is 45.6 Å². The molecule has 0 spiro atoms. The Morgan fingerprint density at radius 3 is 3.04 bits per heavy atom. The Morgan fingerprint density at radius 1 is 1.42 bits per heavy atom. The molecular weight excluding hydrogens is 367 g/mol. The third-order valence-electron chi connectivity index (χ3n) is 3.93. The first-order chi connectivity index (χ1) is 11.5. The topological polar surface area (TPSA) is 58.1 Å². The van der Waals surface area contributed by atoms with Gasteiger partial charge >= 0.3 is 0 Å². The lowest BCUT2D eigenvalue weighted by Crippen LogP contribution is -2.33. The van der Waals surface area contributed by atoms with Crippen LogP contribution in [0, 0.1) is 5.92 Å². The lowest BCUT2D eigenvalue weighted by atomic mass is 10.0. The number of nitrogens with zero attached hydrogens (tertiary/aromatic N) is 3. The van der Waals surface area contributed by atoms with Gasteiger partial charge in [-0.25, -0.2) is 9.97 Å². The van der Waals surface area contributed by atoms with Gasteiger partial charge in [0, 0.05) is 18.5 Å². The molecule has 128 valence electrons. The summed E-state index contributed by atoms with van der Waals surface area (Å²) in [6, 6.07) is 3.10. The van der Waals surface area contributed by atoms with Crippen molar-refractivity contribution in [2.45, 2.75) is 26.3 Å². The van der Waals surface area contributed by atoms with E-state index in [0.717, 1.165) is 31.2 Å². The number of anilines is 1. The van der Waals surface area contributed by atoms with Crippen molar-refractivity contribution < 1.29 is 4.79 Å². The average molecular weight is 385 g/mol. The van der Waals surface area contributed by atoms with E-state index in [1.807, 2.05) is 5.38 Å². The molecule has 1 fully saturated rings. The van der Waals surface area contributed by atoms with Crippen LogP contribution in [-0.2, 0) is 6.54 Å². The van der Waals surface area contributed by atoms with Crippen LogP contribution in [0.15, 0.2) is 17.5 Å². The van der Waals surface area contributed by atoms with E-state index in [9.17, 15) is 4.79 Å². The van der Waals surface area contributed by atoms with Crippen LogP contribution < -0.4 is 5.32 Å². The Labute approximate surface area is 155 Å². The molecule has 8 heteroatoms. The molecule has 1 aliphatic rings. The van der Waals surface area contributed by atoms with E-state index in [1.54, 1.807) is 12.1 Å². The lowest BCUT2D eigenvalue weighted by Gasteiger charge is -2.30. The minimum Gasteiger partial charge on any atom is -0.297 e. The third-order valence-corrected chi connectivity index (χ3v) is 5.25. The molecule has 0 aliphatic carbocycles. The molecule has 0 saturated carbocycles. The summed E-state index contributed by atoms with van der Waals surface area (Å²) in [5.74, 6) is 0.322. The molecule has 24 heavy (non-hydrogen) atoms. The Hall–Kier alpha value is -1.21. The summed E-state index contributed by atoms with van der Waals surface area (Å²) in [6.07, 6.45) is 2.52. The quantitative estimate of drug-likeness (QED) is 0.796. The molecule has 1 saturated heterocycles. The molecule has 2 aromatic rings. The van der Waals surface area contributed by atoms with Gasteiger partial charge in [-0.15, -0.1) is 11.3 Å². The molecule has 1 unspecified atom stereocenters. The van der Waals surface area contributed by atoms with E-state index in [0.29, 0.717) is 5.13 Å². The highest BCUT2D eigenvalue weighted by Crippen LogP contribution is 2.22. The molecule has 0 radical (unpaired) electrons. The number of halogens is 2. The predicted octanol–water partition coefficient (Wildman–Crippen LogP) is 4.33. The Bertz CT molecular complexity index is 737. The van der Waals surface area contributed by atoms with Crippen molar-refractivity contribution in [1.29, 1.82) is 0 Å². The fourth-order valence-corrected chi connectivity index (χ4v) is 3.87. The minimum absolute atomic E-state index is 0.103. The van der Waals surface area contributed by atoms with Crippen molar-refractivity contribution in [3.8, 4) is 0 Å². The fourth-order valence-electron chi connectivity index (χ4n) is 2.83. The van der Waals surface area contributed by atoms with E-state index in [4.69, 9.17) is 23.2 Å². The summed E-state index contributed by atoms with van der Waals surface area (Å²) in [6.45, 7) is 5.29. The van der Waals surface area contributed by atoms with Crippen molar-refractivity contribution in [2.75, 3.05) is 18.4 Å². The number of nitrogens with one attached hydrogen (secondary N) is 1. The van der Waals surface area contributed by atoms with Crippen molar-refractivity contribution in [3.05, 3.63) is 39.1 Å². The Morgan fingerprint density at radius 2 is 2.25 bits per heavy atom. The number of piperidine rings is 1. The third kappa shape index (κ3) is 4.45. The first-order valence-corrected chi connectivity index (χ1v) is 9.45. The molecule has 3 rings (SSSR count). The number of likely N-dealkylation sites (tertiary alicyclic amines) is 1. The number of carbonyl (C=O) groups excluding carboxylic acids is 1. The highest BCUT2D eigenvalue weighted by atomic mass is 35.5. The molecule has 1 aliphatic heterocycles. The fraction of sp³-hybridized carbons (Fsp3) is 0.438. The van der Waals surface area contributed by atoms with Gasteiger partial charge in [-0.3, -0.25) is 15.0 Å². The van der Waals surface area contributed by atoms with Crippen LogP contribution in [0.1, 0.15) is 35.9 Å². The zero-order valence-electron chi connectivity index (χ0n) is 13.3. The standard InChI is InChI=1S/C16H18Cl2N4OS/c1-10-3-2-6-22(7-10)8-11-9-24-16(19-11)21-15(23)14-12(17)4-5-13(18)20-14/h4-5,9-10H,2-3,6-8H2,1H3,(H,19,21,23). The number of pyridine rings is 1. The van der Waals surface area contributed by atoms with Crippen LogP contribution in [-0.4, -0.2) is 33.9 Å². The number of aromatic nitrogens is 2. The molecule has 3 heterocycles. The molecule has 1 N–H and O–H groups in total. The van der Waals surface area contributed by atoms with E-state index < -0.39 is 5.91 Å². The van der Waals surface area contributed by atoms with Crippen molar-refractivity contribution in [3.63, 3.8) is 0 Å². The van der Waals surface area contributed by atoms with E-state index in [-0.39, 0.29) is 15.9 Å². The van der Waals surface area contributed by atoms with Gasteiger partial charge in [0.05, 0.1) is 10.7 Å². The van der Waals surface area contributed by atoms with E-state index >= 15 is 0 Å². The maximum absolute atomic E-state index is 12.3. The summed E-state index contributed by atoms with van der Waals surface area (Å²) in [7, 11) is 0. The normalized spacial score (nSPS) is 18.5. The van der Waals surface area contributed by atoms with E-state index in [1.165, 1.54) is 24.2 Å². The Balaban J connectivity index is 1.63. The number of hydrogen-bond donors (Lipinski definition) is 1. The van der Waals surface area contributed by atoms with Crippen LogP contribution in [0.4, 0.5) is 5.13 Å². The van der Waals surface area contributed by atoms with Crippen molar-refractivity contribution in [1.82, 2.24) is 14.9 Å². The summed E-state index contributed by atoms with van der Waals surface area (Å²) in [4.78, 5) is 23.1.